The quantitative estimate of drug-likeness (QED) is 0.801. The summed E-state index contributed by atoms with van der Waals surface area (Å²) >= 11 is 5.77. The maximum atomic E-state index is 13.4. The van der Waals surface area contributed by atoms with Crippen LogP contribution in [0.1, 0.15) is 12.0 Å². The van der Waals surface area contributed by atoms with Crippen molar-refractivity contribution in [2.45, 2.75) is 13.0 Å². The van der Waals surface area contributed by atoms with Crippen molar-refractivity contribution in [1.29, 1.82) is 0 Å². The van der Waals surface area contributed by atoms with Crippen molar-refractivity contribution in [2.24, 2.45) is 0 Å². The molecule has 0 atom stereocenters. The Kier molecular flexibility index (Phi) is 5.72. The molecule has 3 nitrogen and oxygen atoms in total. The van der Waals surface area contributed by atoms with E-state index in [0.717, 1.165) is 0 Å². The van der Waals surface area contributed by atoms with Crippen LogP contribution in [0.25, 0.3) is 0 Å². The first-order valence-electron chi connectivity index (χ1n) is 6.65. The van der Waals surface area contributed by atoms with Gasteiger partial charge in [0.05, 0.1) is 0 Å². The lowest BCUT2D eigenvalue weighted by Gasteiger charge is -2.07. The van der Waals surface area contributed by atoms with Crippen molar-refractivity contribution in [2.75, 3.05) is 11.9 Å². The molecule has 0 heterocycles. The Morgan fingerprint density at radius 2 is 1.81 bits per heavy atom. The summed E-state index contributed by atoms with van der Waals surface area (Å²) < 4.78 is 13.4. The Balaban J connectivity index is 1.70. The topological polar surface area (TPSA) is 41.1 Å². The van der Waals surface area contributed by atoms with Gasteiger partial charge in [0.15, 0.2) is 0 Å². The SMILES string of the molecule is O=C(CCNCc1ccccc1F)Nc1ccc(Cl)cc1. The van der Waals surface area contributed by atoms with Crippen LogP contribution >= 0.6 is 11.6 Å². The lowest BCUT2D eigenvalue weighted by Crippen LogP contribution is -2.21. The van der Waals surface area contributed by atoms with E-state index in [0.29, 0.717) is 35.8 Å². The maximum absolute atomic E-state index is 13.4. The summed E-state index contributed by atoms with van der Waals surface area (Å²) in [6.45, 7) is 0.884. The fourth-order valence-corrected chi connectivity index (χ4v) is 1.95. The summed E-state index contributed by atoms with van der Waals surface area (Å²) in [5.41, 5.74) is 1.30. The highest BCUT2D eigenvalue weighted by Crippen LogP contribution is 2.13. The van der Waals surface area contributed by atoms with Gasteiger partial charge in [-0.2, -0.15) is 0 Å². The van der Waals surface area contributed by atoms with E-state index in [1.165, 1.54) is 6.07 Å². The normalized spacial score (nSPS) is 10.4. The van der Waals surface area contributed by atoms with Crippen molar-refractivity contribution >= 4 is 23.2 Å². The number of rotatable bonds is 6. The van der Waals surface area contributed by atoms with Crippen LogP contribution in [-0.4, -0.2) is 12.5 Å². The third kappa shape index (κ3) is 5.17. The number of nitrogens with one attached hydrogen (secondary N) is 2. The molecule has 0 saturated carbocycles. The fraction of sp³-hybridized carbons (Fsp3) is 0.188. The molecule has 0 fully saturated rings. The fourth-order valence-electron chi connectivity index (χ4n) is 1.82. The van der Waals surface area contributed by atoms with E-state index < -0.39 is 0 Å². The van der Waals surface area contributed by atoms with Crippen LogP contribution in [-0.2, 0) is 11.3 Å². The zero-order valence-corrected chi connectivity index (χ0v) is 12.2. The van der Waals surface area contributed by atoms with Gasteiger partial charge in [0.1, 0.15) is 5.82 Å². The lowest BCUT2D eigenvalue weighted by atomic mass is 10.2. The summed E-state index contributed by atoms with van der Waals surface area (Å²) in [7, 11) is 0. The second kappa shape index (κ2) is 7.76. The first-order valence-corrected chi connectivity index (χ1v) is 7.02. The summed E-state index contributed by atoms with van der Waals surface area (Å²) in [4.78, 5) is 11.7. The van der Waals surface area contributed by atoms with E-state index >= 15 is 0 Å². The number of carbonyl (C=O) groups is 1. The molecule has 2 N–H and O–H groups in total. The van der Waals surface area contributed by atoms with Crippen LogP contribution in [0.15, 0.2) is 48.5 Å². The van der Waals surface area contributed by atoms with E-state index in [9.17, 15) is 9.18 Å². The molecule has 110 valence electrons. The molecule has 0 aromatic heterocycles. The van der Waals surface area contributed by atoms with Crippen molar-refractivity contribution in [3.05, 3.63) is 64.9 Å². The Morgan fingerprint density at radius 3 is 2.52 bits per heavy atom. The maximum Gasteiger partial charge on any atom is 0.225 e. The molecule has 0 spiro atoms. The van der Waals surface area contributed by atoms with Gasteiger partial charge in [-0.15, -0.1) is 0 Å². The highest BCUT2D eigenvalue weighted by molar-refractivity contribution is 6.30. The zero-order valence-electron chi connectivity index (χ0n) is 11.4. The largest absolute Gasteiger partial charge is 0.326 e. The third-order valence-electron chi connectivity index (χ3n) is 2.93. The number of amides is 1. The van der Waals surface area contributed by atoms with E-state index in [1.54, 1.807) is 42.5 Å². The molecule has 2 rings (SSSR count). The number of hydrogen-bond acceptors (Lipinski definition) is 2. The van der Waals surface area contributed by atoms with Gasteiger partial charge in [-0.05, 0) is 30.3 Å². The molecule has 1 amide bonds. The van der Waals surface area contributed by atoms with Crippen LogP contribution in [0, 0.1) is 5.82 Å². The standard InChI is InChI=1S/C16H16ClFN2O/c17-13-5-7-14(8-6-13)20-16(21)9-10-19-11-12-3-1-2-4-15(12)18/h1-8,19H,9-11H2,(H,20,21). The zero-order chi connectivity index (χ0) is 15.1. The molecule has 0 aliphatic rings. The summed E-state index contributed by atoms with van der Waals surface area (Å²) in [6.07, 6.45) is 0.317. The second-order valence-electron chi connectivity index (χ2n) is 4.57. The number of hydrogen-bond donors (Lipinski definition) is 2. The first-order chi connectivity index (χ1) is 10.1. The molecule has 0 aliphatic heterocycles. The molecular formula is C16H16ClFN2O. The summed E-state index contributed by atoms with van der Waals surface area (Å²) in [6, 6.07) is 13.5. The predicted molar refractivity (Wildman–Crippen MR) is 82.8 cm³/mol. The Hall–Kier alpha value is -1.91. The highest BCUT2D eigenvalue weighted by atomic mass is 35.5. The van der Waals surface area contributed by atoms with Crippen LogP contribution < -0.4 is 10.6 Å². The van der Waals surface area contributed by atoms with Crippen molar-refractivity contribution < 1.29 is 9.18 Å². The molecule has 21 heavy (non-hydrogen) atoms. The summed E-state index contributed by atoms with van der Waals surface area (Å²) in [5.74, 6) is -0.339. The molecular weight excluding hydrogens is 291 g/mol. The average Bonchev–Trinajstić information content (AvgIpc) is 2.48. The van der Waals surface area contributed by atoms with Crippen molar-refractivity contribution in [3.63, 3.8) is 0 Å². The Morgan fingerprint density at radius 1 is 1.10 bits per heavy atom. The van der Waals surface area contributed by atoms with Crippen LogP contribution in [0.4, 0.5) is 10.1 Å². The van der Waals surface area contributed by atoms with Crippen molar-refractivity contribution in [1.82, 2.24) is 5.32 Å². The minimum absolute atomic E-state index is 0.0987. The molecule has 0 bridgehead atoms. The van der Waals surface area contributed by atoms with Gasteiger partial charge in [-0.3, -0.25) is 4.79 Å². The Labute approximate surface area is 128 Å². The van der Waals surface area contributed by atoms with E-state index in [-0.39, 0.29) is 11.7 Å². The molecule has 2 aromatic carbocycles. The molecule has 0 aliphatic carbocycles. The number of carbonyl (C=O) groups excluding carboxylic acids is 1. The monoisotopic (exact) mass is 306 g/mol. The van der Waals surface area contributed by atoms with Gasteiger partial charge in [-0.25, -0.2) is 4.39 Å². The smallest absolute Gasteiger partial charge is 0.225 e. The first kappa shape index (κ1) is 15.5. The van der Waals surface area contributed by atoms with Crippen LogP contribution in [0.2, 0.25) is 5.02 Å². The summed E-state index contributed by atoms with van der Waals surface area (Å²) in [5, 5.41) is 6.44. The van der Waals surface area contributed by atoms with Crippen LogP contribution in [0.3, 0.4) is 0 Å². The van der Waals surface area contributed by atoms with Gasteiger partial charge in [0.2, 0.25) is 5.91 Å². The Bertz CT molecular complexity index is 601. The lowest BCUT2D eigenvalue weighted by molar-refractivity contribution is -0.116. The molecule has 0 radical (unpaired) electrons. The van der Waals surface area contributed by atoms with E-state index in [1.807, 2.05) is 0 Å². The van der Waals surface area contributed by atoms with Crippen LogP contribution in [0.5, 0.6) is 0 Å². The molecule has 5 heteroatoms. The van der Waals surface area contributed by atoms with E-state index in [2.05, 4.69) is 10.6 Å². The number of halogens is 2. The van der Waals surface area contributed by atoms with Crippen molar-refractivity contribution in [3.8, 4) is 0 Å². The number of benzene rings is 2. The molecule has 0 saturated heterocycles. The van der Waals surface area contributed by atoms with Gasteiger partial charge in [0, 0.05) is 35.8 Å². The average molecular weight is 307 g/mol. The minimum Gasteiger partial charge on any atom is -0.326 e. The van der Waals surface area contributed by atoms with Gasteiger partial charge < -0.3 is 10.6 Å². The second-order valence-corrected chi connectivity index (χ2v) is 5.01. The van der Waals surface area contributed by atoms with E-state index in [4.69, 9.17) is 11.6 Å². The minimum atomic E-state index is -0.240. The van der Waals surface area contributed by atoms with Gasteiger partial charge in [0.25, 0.3) is 0 Å². The third-order valence-corrected chi connectivity index (χ3v) is 3.18. The molecule has 0 unspecified atom stereocenters. The highest BCUT2D eigenvalue weighted by Gasteiger charge is 2.03. The number of anilines is 1. The molecule has 2 aromatic rings. The van der Waals surface area contributed by atoms with Gasteiger partial charge >= 0.3 is 0 Å². The van der Waals surface area contributed by atoms with Gasteiger partial charge in [-0.1, -0.05) is 29.8 Å². The predicted octanol–water partition coefficient (Wildman–Crippen LogP) is 3.60.